The summed E-state index contributed by atoms with van der Waals surface area (Å²) in [5, 5.41) is 12.7. The first kappa shape index (κ1) is 19.4. The summed E-state index contributed by atoms with van der Waals surface area (Å²) in [6, 6.07) is 8.34. The number of hydrogen-bond donors (Lipinski definition) is 0. The Morgan fingerprint density at radius 3 is 2.59 bits per heavy atom. The number of aromatic nitrogens is 5. The Kier molecular flexibility index (Phi) is 5.51. The van der Waals surface area contributed by atoms with Gasteiger partial charge in [-0.2, -0.15) is 4.68 Å². The van der Waals surface area contributed by atoms with Crippen LogP contribution in [0.3, 0.4) is 0 Å². The van der Waals surface area contributed by atoms with Gasteiger partial charge in [-0.3, -0.25) is 4.79 Å². The summed E-state index contributed by atoms with van der Waals surface area (Å²) in [6.07, 6.45) is 0. The highest BCUT2D eigenvalue weighted by atomic mass is 32.2. The zero-order valence-electron chi connectivity index (χ0n) is 16.6. The highest BCUT2D eigenvalue weighted by Gasteiger charge is 2.19. The van der Waals surface area contributed by atoms with Gasteiger partial charge in [0, 0.05) is 23.0 Å². The molecule has 0 aliphatic carbocycles. The van der Waals surface area contributed by atoms with Crippen LogP contribution in [0.2, 0.25) is 0 Å². The Morgan fingerprint density at radius 1 is 1.19 bits per heavy atom. The van der Waals surface area contributed by atoms with Crippen molar-refractivity contribution >= 4 is 17.5 Å². The van der Waals surface area contributed by atoms with Gasteiger partial charge < -0.3 is 4.57 Å². The Hall–Kier alpha value is -2.41. The zero-order valence-corrected chi connectivity index (χ0v) is 17.5. The number of aryl methyl sites for hydroxylation is 2. The van der Waals surface area contributed by atoms with Crippen molar-refractivity contribution in [3.05, 3.63) is 52.3 Å². The lowest BCUT2D eigenvalue weighted by molar-refractivity contribution is 0.102. The molecule has 3 aromatic rings. The molecule has 1 aromatic carbocycles. The van der Waals surface area contributed by atoms with Crippen molar-refractivity contribution < 1.29 is 4.79 Å². The highest BCUT2D eigenvalue weighted by Crippen LogP contribution is 2.25. The molecule has 2 heterocycles. The third kappa shape index (κ3) is 3.69. The van der Waals surface area contributed by atoms with Crippen LogP contribution in [0.15, 0.2) is 29.4 Å². The molecule has 0 bridgehead atoms. The van der Waals surface area contributed by atoms with Gasteiger partial charge >= 0.3 is 0 Å². The van der Waals surface area contributed by atoms with Crippen LogP contribution < -0.4 is 0 Å². The van der Waals surface area contributed by atoms with Crippen molar-refractivity contribution in [3.63, 3.8) is 0 Å². The van der Waals surface area contributed by atoms with Gasteiger partial charge in [-0.25, -0.2) is 0 Å². The zero-order chi connectivity index (χ0) is 19.7. The van der Waals surface area contributed by atoms with E-state index < -0.39 is 0 Å². The molecule has 0 saturated carbocycles. The average molecular weight is 384 g/mol. The minimum Gasteiger partial charge on any atom is -0.346 e. The molecule has 0 amide bonds. The molecule has 0 N–H and O–H groups in total. The van der Waals surface area contributed by atoms with Gasteiger partial charge in [0.05, 0.1) is 11.4 Å². The van der Waals surface area contributed by atoms with Crippen LogP contribution in [0.5, 0.6) is 0 Å². The van der Waals surface area contributed by atoms with Crippen molar-refractivity contribution in [2.45, 2.75) is 52.7 Å². The number of tetrazole rings is 1. The molecule has 2 aromatic heterocycles. The number of rotatable bonds is 6. The molecule has 0 fully saturated rings. The molecule has 0 atom stereocenters. The van der Waals surface area contributed by atoms with Gasteiger partial charge in [0.2, 0.25) is 5.16 Å². The van der Waals surface area contributed by atoms with E-state index >= 15 is 0 Å². The van der Waals surface area contributed by atoms with Gasteiger partial charge in [-0.05, 0) is 75.2 Å². The first-order valence-corrected chi connectivity index (χ1v) is 9.99. The molecular weight excluding hydrogens is 358 g/mol. The van der Waals surface area contributed by atoms with Crippen molar-refractivity contribution in [3.8, 4) is 5.69 Å². The topological polar surface area (TPSA) is 65.6 Å². The fraction of sp³-hybridized carbons (Fsp3) is 0.400. The monoisotopic (exact) mass is 383 g/mol. The largest absolute Gasteiger partial charge is 0.346 e. The number of carbonyl (C=O) groups excluding carboxylic acids is 1. The molecule has 3 rings (SSSR count). The van der Waals surface area contributed by atoms with Gasteiger partial charge in [0.25, 0.3) is 0 Å². The molecule has 0 aliphatic heterocycles. The Bertz CT molecular complexity index is 986. The van der Waals surface area contributed by atoms with Crippen LogP contribution in [0, 0.1) is 27.7 Å². The normalized spacial score (nSPS) is 11.4. The molecule has 0 radical (unpaired) electrons. The summed E-state index contributed by atoms with van der Waals surface area (Å²) in [6.45, 7) is 12.4. The lowest BCUT2D eigenvalue weighted by atomic mass is 10.1. The molecule has 0 saturated heterocycles. The molecule has 142 valence electrons. The van der Waals surface area contributed by atoms with Crippen LogP contribution in [0.1, 0.15) is 52.8 Å². The predicted molar refractivity (Wildman–Crippen MR) is 108 cm³/mol. The molecule has 0 aliphatic rings. The van der Waals surface area contributed by atoms with Crippen LogP contribution in [-0.2, 0) is 0 Å². The molecule has 0 spiro atoms. The van der Waals surface area contributed by atoms with Gasteiger partial charge in [-0.1, -0.05) is 23.9 Å². The Balaban J connectivity index is 1.81. The van der Waals surface area contributed by atoms with Crippen LogP contribution in [0.25, 0.3) is 5.69 Å². The Labute approximate surface area is 164 Å². The second kappa shape index (κ2) is 7.68. The number of Topliss-reactive ketones (excluding diaryl/α,β-unsaturated/α-hetero) is 1. The third-order valence-electron chi connectivity index (χ3n) is 4.88. The van der Waals surface area contributed by atoms with Gasteiger partial charge in [0.15, 0.2) is 5.78 Å². The number of nitrogens with zero attached hydrogens (tertiary/aromatic N) is 5. The summed E-state index contributed by atoms with van der Waals surface area (Å²) in [7, 11) is 0. The van der Waals surface area contributed by atoms with Gasteiger partial charge in [0.1, 0.15) is 0 Å². The van der Waals surface area contributed by atoms with Crippen molar-refractivity contribution in [2.24, 2.45) is 0 Å². The lowest BCUT2D eigenvalue weighted by Crippen LogP contribution is -2.09. The maximum absolute atomic E-state index is 12.8. The van der Waals surface area contributed by atoms with E-state index in [1.165, 1.54) is 17.3 Å². The predicted octanol–water partition coefficient (Wildman–Crippen LogP) is 4.25. The number of carbonyl (C=O) groups is 1. The third-order valence-corrected chi connectivity index (χ3v) is 5.80. The van der Waals surface area contributed by atoms with Crippen LogP contribution in [0.4, 0.5) is 0 Å². The Morgan fingerprint density at radius 2 is 1.93 bits per heavy atom. The molecule has 7 heteroatoms. The summed E-state index contributed by atoms with van der Waals surface area (Å²) in [5.74, 6) is 0.392. The van der Waals surface area contributed by atoms with E-state index in [0.29, 0.717) is 17.0 Å². The minimum absolute atomic E-state index is 0.0931. The summed E-state index contributed by atoms with van der Waals surface area (Å²) in [5.41, 5.74) is 6.14. The van der Waals surface area contributed by atoms with E-state index in [4.69, 9.17) is 0 Å². The summed E-state index contributed by atoms with van der Waals surface area (Å²) >= 11 is 1.37. The van der Waals surface area contributed by atoms with Crippen LogP contribution >= 0.6 is 11.8 Å². The SMILES string of the molecule is Cc1cccc(-n2nnnc2SCC(=O)c2cc(C)n(C(C)C)c2C)c1C. The van der Waals surface area contributed by atoms with Crippen LogP contribution in [-0.4, -0.2) is 36.3 Å². The summed E-state index contributed by atoms with van der Waals surface area (Å²) in [4.78, 5) is 12.8. The number of hydrogen-bond acceptors (Lipinski definition) is 5. The number of ketones is 1. The smallest absolute Gasteiger partial charge is 0.214 e. The van der Waals surface area contributed by atoms with E-state index in [1.807, 2.05) is 39.0 Å². The fourth-order valence-electron chi connectivity index (χ4n) is 3.45. The van der Waals surface area contributed by atoms with Crippen molar-refractivity contribution in [1.82, 2.24) is 24.8 Å². The molecule has 27 heavy (non-hydrogen) atoms. The summed E-state index contributed by atoms with van der Waals surface area (Å²) < 4.78 is 3.90. The number of benzene rings is 1. The van der Waals surface area contributed by atoms with Crippen molar-refractivity contribution in [1.29, 1.82) is 0 Å². The van der Waals surface area contributed by atoms with E-state index in [9.17, 15) is 4.79 Å². The molecule has 6 nitrogen and oxygen atoms in total. The first-order chi connectivity index (χ1) is 12.8. The maximum Gasteiger partial charge on any atom is 0.214 e. The first-order valence-electron chi connectivity index (χ1n) is 9.00. The standard InChI is InChI=1S/C20H25N5OS/c1-12(2)24-14(4)10-17(16(24)6)19(26)11-27-20-21-22-23-25(20)18-9-7-8-13(3)15(18)5/h7-10,12H,11H2,1-6H3. The van der Waals surface area contributed by atoms with Crippen molar-refractivity contribution in [2.75, 3.05) is 5.75 Å². The quantitative estimate of drug-likeness (QED) is 0.470. The minimum atomic E-state index is 0.0931. The van der Waals surface area contributed by atoms with E-state index in [0.717, 1.165) is 28.2 Å². The van der Waals surface area contributed by atoms with E-state index in [2.05, 4.69) is 46.9 Å². The van der Waals surface area contributed by atoms with E-state index in [-0.39, 0.29) is 5.78 Å². The fourth-order valence-corrected chi connectivity index (χ4v) is 4.21. The highest BCUT2D eigenvalue weighted by molar-refractivity contribution is 7.99. The number of thioether (sulfide) groups is 1. The second-order valence-electron chi connectivity index (χ2n) is 7.05. The second-order valence-corrected chi connectivity index (χ2v) is 8.00. The lowest BCUT2D eigenvalue weighted by Gasteiger charge is -2.13. The average Bonchev–Trinajstić information content (AvgIpc) is 3.19. The van der Waals surface area contributed by atoms with Gasteiger partial charge in [-0.15, -0.1) is 5.10 Å². The molecular formula is C20H25N5OS. The molecule has 0 unspecified atom stereocenters. The van der Waals surface area contributed by atoms with E-state index in [1.54, 1.807) is 4.68 Å². The maximum atomic E-state index is 12.8.